The third-order valence-electron chi connectivity index (χ3n) is 11.3. The Morgan fingerprint density at radius 1 is 1.19 bits per heavy atom. The van der Waals surface area contributed by atoms with Gasteiger partial charge in [-0.15, -0.1) is 0 Å². The molecule has 6 aliphatic rings. The lowest BCUT2D eigenvalue weighted by Crippen LogP contribution is -2.63. The number of hydrogen-bond donors (Lipinski definition) is 1. The monoisotopic (exact) mass is 512 g/mol. The van der Waals surface area contributed by atoms with Crippen molar-refractivity contribution in [2.75, 3.05) is 6.61 Å². The van der Waals surface area contributed by atoms with Crippen LogP contribution in [0.4, 0.5) is 0 Å². The Hall–Kier alpha value is -1.34. The summed E-state index contributed by atoms with van der Waals surface area (Å²) in [4.78, 5) is 26.3. The van der Waals surface area contributed by atoms with E-state index in [1.54, 1.807) is 12.2 Å². The second kappa shape index (κ2) is 9.11. The van der Waals surface area contributed by atoms with Gasteiger partial charge in [-0.1, -0.05) is 44.8 Å². The number of allylic oxidation sites excluding steroid dienone is 4. The third-order valence-corrected chi connectivity index (χ3v) is 11.3. The molecule has 0 amide bonds. The molecule has 9 atom stereocenters. The van der Waals surface area contributed by atoms with Crippen molar-refractivity contribution < 1.29 is 28.9 Å². The lowest BCUT2D eigenvalue weighted by atomic mass is 9.46. The van der Waals surface area contributed by atoms with Gasteiger partial charge in [0.2, 0.25) is 0 Å². The summed E-state index contributed by atoms with van der Waals surface area (Å²) in [6, 6.07) is 0. The quantitative estimate of drug-likeness (QED) is 0.563. The standard InChI is InChI=1S/C31H44O6/c1-18(2)35-17-25(34)31-26(36-28(37-31)19-8-6-5-7-9-19)15-23-22-11-10-20-14-21(32)12-13-29(20,3)27(22)24(33)16-30(23,31)4/h12-14,18-19,22-24,26-28,33H,5-11,15-17H2,1-4H3/t22-,23-,24-,26-,27+,28+,29-,30-,31+/m0/s1. The highest BCUT2D eigenvalue weighted by molar-refractivity contribution is 6.01. The Morgan fingerprint density at radius 2 is 1.95 bits per heavy atom. The van der Waals surface area contributed by atoms with Crippen molar-refractivity contribution in [2.24, 2.45) is 34.5 Å². The van der Waals surface area contributed by atoms with Crippen LogP contribution in [-0.4, -0.2) is 53.5 Å². The topological polar surface area (TPSA) is 82.1 Å². The van der Waals surface area contributed by atoms with Gasteiger partial charge in [-0.3, -0.25) is 9.59 Å². The number of aliphatic hydroxyl groups is 1. The largest absolute Gasteiger partial charge is 0.393 e. The molecule has 0 unspecified atom stereocenters. The molecule has 6 nitrogen and oxygen atoms in total. The predicted molar refractivity (Wildman–Crippen MR) is 139 cm³/mol. The van der Waals surface area contributed by atoms with Crippen molar-refractivity contribution in [1.29, 1.82) is 0 Å². The fourth-order valence-corrected chi connectivity index (χ4v) is 9.56. The van der Waals surface area contributed by atoms with Gasteiger partial charge in [-0.05, 0) is 76.4 Å². The van der Waals surface area contributed by atoms with Crippen LogP contribution < -0.4 is 0 Å². The number of rotatable bonds is 5. The molecule has 1 heterocycles. The number of carbonyl (C=O) groups excluding carboxylic acids is 2. The van der Waals surface area contributed by atoms with Gasteiger partial charge in [-0.2, -0.15) is 0 Å². The smallest absolute Gasteiger partial charge is 0.193 e. The average Bonchev–Trinajstić information content (AvgIpc) is 3.36. The lowest BCUT2D eigenvalue weighted by Gasteiger charge is -2.59. The maximum Gasteiger partial charge on any atom is 0.193 e. The molecule has 0 aromatic heterocycles. The molecule has 0 radical (unpaired) electrons. The predicted octanol–water partition coefficient (Wildman–Crippen LogP) is 4.93. The van der Waals surface area contributed by atoms with Gasteiger partial charge in [0.25, 0.3) is 0 Å². The molecule has 37 heavy (non-hydrogen) atoms. The number of ketones is 2. The van der Waals surface area contributed by atoms with Crippen molar-refractivity contribution >= 4 is 11.6 Å². The van der Waals surface area contributed by atoms with Gasteiger partial charge >= 0.3 is 0 Å². The fourth-order valence-electron chi connectivity index (χ4n) is 9.56. The van der Waals surface area contributed by atoms with E-state index in [1.165, 1.54) is 19.3 Å². The third kappa shape index (κ3) is 3.72. The summed E-state index contributed by atoms with van der Waals surface area (Å²) in [5.41, 5.74) is -0.816. The molecule has 1 N–H and O–H groups in total. The minimum absolute atomic E-state index is 0.0108. The van der Waals surface area contributed by atoms with Crippen LogP contribution in [0.3, 0.4) is 0 Å². The number of Topliss-reactive ketones (excluding diaryl/α,β-unsaturated/α-hetero) is 1. The highest BCUT2D eigenvalue weighted by Crippen LogP contribution is 2.70. The molecule has 6 rings (SSSR count). The van der Waals surface area contributed by atoms with Crippen LogP contribution in [0.15, 0.2) is 23.8 Å². The summed E-state index contributed by atoms with van der Waals surface area (Å²) in [5.74, 6) is 0.792. The van der Waals surface area contributed by atoms with E-state index in [0.717, 1.165) is 37.7 Å². The Labute approximate surface area is 221 Å². The molecule has 0 spiro atoms. The zero-order valence-corrected chi connectivity index (χ0v) is 22.9. The molecule has 5 aliphatic carbocycles. The van der Waals surface area contributed by atoms with Crippen molar-refractivity contribution in [2.45, 2.75) is 116 Å². The average molecular weight is 513 g/mol. The van der Waals surface area contributed by atoms with Crippen LogP contribution in [0.25, 0.3) is 0 Å². The Balaban J connectivity index is 1.36. The zero-order valence-electron chi connectivity index (χ0n) is 22.9. The molecule has 0 aromatic carbocycles. The number of ether oxygens (including phenoxy) is 3. The van der Waals surface area contributed by atoms with Crippen LogP contribution in [-0.2, 0) is 23.8 Å². The number of hydrogen-bond acceptors (Lipinski definition) is 6. The van der Waals surface area contributed by atoms with Crippen molar-refractivity contribution in [3.63, 3.8) is 0 Å². The van der Waals surface area contributed by atoms with E-state index in [9.17, 15) is 14.7 Å². The lowest BCUT2D eigenvalue weighted by molar-refractivity contribution is -0.210. The second-order valence-electron chi connectivity index (χ2n) is 13.5. The second-order valence-corrected chi connectivity index (χ2v) is 13.5. The molecular weight excluding hydrogens is 468 g/mol. The summed E-state index contributed by atoms with van der Waals surface area (Å²) in [5, 5.41) is 11.9. The molecular formula is C31H44O6. The highest BCUT2D eigenvalue weighted by Gasteiger charge is 2.76. The molecule has 204 valence electrons. The van der Waals surface area contributed by atoms with Crippen molar-refractivity contribution in [3.8, 4) is 0 Å². The van der Waals surface area contributed by atoms with E-state index >= 15 is 0 Å². The molecule has 0 aromatic rings. The zero-order chi connectivity index (χ0) is 26.2. The van der Waals surface area contributed by atoms with Crippen LogP contribution in [0.5, 0.6) is 0 Å². The molecule has 1 aliphatic heterocycles. The fraction of sp³-hybridized carbons (Fsp3) is 0.806. The Bertz CT molecular complexity index is 1010. The van der Waals surface area contributed by atoms with Crippen molar-refractivity contribution in [3.05, 3.63) is 23.8 Å². The Kier molecular flexibility index (Phi) is 6.38. The van der Waals surface area contributed by atoms with Crippen LogP contribution in [0.2, 0.25) is 0 Å². The molecule has 4 saturated carbocycles. The van der Waals surface area contributed by atoms with E-state index in [4.69, 9.17) is 14.2 Å². The van der Waals surface area contributed by atoms with Crippen LogP contribution in [0, 0.1) is 34.5 Å². The van der Waals surface area contributed by atoms with Gasteiger partial charge in [-0.25, -0.2) is 0 Å². The molecule has 6 heteroatoms. The number of fused-ring (bicyclic) bond motifs is 7. The maximum absolute atomic E-state index is 14.2. The van der Waals surface area contributed by atoms with Gasteiger partial charge in [0.05, 0.1) is 18.3 Å². The van der Waals surface area contributed by atoms with Gasteiger partial charge < -0.3 is 19.3 Å². The molecule has 0 bridgehead atoms. The van der Waals surface area contributed by atoms with Crippen LogP contribution in [0.1, 0.15) is 85.5 Å². The van der Waals surface area contributed by atoms with Gasteiger partial charge in [0.15, 0.2) is 23.5 Å². The molecule has 5 fully saturated rings. The first-order valence-corrected chi connectivity index (χ1v) is 14.7. The first-order chi connectivity index (χ1) is 17.6. The van der Waals surface area contributed by atoms with E-state index < -0.39 is 17.1 Å². The highest BCUT2D eigenvalue weighted by atomic mass is 16.7. The van der Waals surface area contributed by atoms with Crippen molar-refractivity contribution in [1.82, 2.24) is 0 Å². The minimum atomic E-state index is -1.09. The number of aliphatic hydroxyl groups excluding tert-OH is 1. The van der Waals surface area contributed by atoms with E-state index in [1.807, 2.05) is 19.9 Å². The van der Waals surface area contributed by atoms with Crippen LogP contribution >= 0.6 is 0 Å². The summed E-state index contributed by atoms with van der Waals surface area (Å²) in [6.07, 6.45) is 13.0. The minimum Gasteiger partial charge on any atom is -0.393 e. The summed E-state index contributed by atoms with van der Waals surface area (Å²) >= 11 is 0. The Morgan fingerprint density at radius 3 is 2.68 bits per heavy atom. The number of carbonyl (C=O) groups is 2. The summed E-state index contributed by atoms with van der Waals surface area (Å²) in [6.45, 7) is 8.28. The van der Waals surface area contributed by atoms with E-state index in [-0.39, 0.29) is 59.8 Å². The van der Waals surface area contributed by atoms with E-state index in [0.29, 0.717) is 12.3 Å². The first kappa shape index (κ1) is 25.9. The molecule has 1 saturated heterocycles. The van der Waals surface area contributed by atoms with Gasteiger partial charge in [0.1, 0.15) is 6.61 Å². The maximum atomic E-state index is 14.2. The first-order valence-electron chi connectivity index (χ1n) is 14.7. The van der Waals surface area contributed by atoms with Gasteiger partial charge in [0, 0.05) is 22.7 Å². The summed E-state index contributed by atoms with van der Waals surface area (Å²) < 4.78 is 19.5. The SMILES string of the molecule is CC(C)OCC(=O)[C@@]12O[C@H](C3CCCCC3)O[C@H]1C[C@H]1[C@@H]3CCC4=CC(=O)C=C[C@]4(C)[C@H]3[C@@H](O)C[C@@]12C. The summed E-state index contributed by atoms with van der Waals surface area (Å²) in [7, 11) is 0. The normalized spacial score (nSPS) is 47.3. The van der Waals surface area contributed by atoms with E-state index in [2.05, 4.69) is 13.8 Å².